The summed E-state index contributed by atoms with van der Waals surface area (Å²) in [5, 5.41) is 5.41. The third-order valence-corrected chi connectivity index (χ3v) is 6.76. The van der Waals surface area contributed by atoms with E-state index in [4.69, 9.17) is 11.6 Å². The maximum atomic E-state index is 13.1. The fraction of sp³-hybridized carbons (Fsp3) is 0.190. The second-order valence-corrected chi connectivity index (χ2v) is 9.03. The van der Waals surface area contributed by atoms with Crippen LogP contribution in [-0.4, -0.2) is 33.0 Å². The summed E-state index contributed by atoms with van der Waals surface area (Å²) in [7, 11) is 0. The van der Waals surface area contributed by atoms with E-state index in [0.717, 1.165) is 9.60 Å². The Morgan fingerprint density at radius 2 is 2.03 bits per heavy atom. The van der Waals surface area contributed by atoms with Gasteiger partial charge >= 0.3 is 0 Å². The average Bonchev–Trinajstić information content (AvgIpc) is 3.40. The molecular formula is C21H18ClFN4OS2. The number of halogens is 2. The number of amides is 1. The van der Waals surface area contributed by atoms with Crippen LogP contribution in [0, 0.1) is 5.82 Å². The van der Waals surface area contributed by atoms with Gasteiger partial charge in [-0.25, -0.2) is 9.37 Å². The van der Waals surface area contributed by atoms with Gasteiger partial charge in [0, 0.05) is 36.0 Å². The molecule has 0 radical (unpaired) electrons. The van der Waals surface area contributed by atoms with E-state index < -0.39 is 0 Å². The number of hydrogen-bond acceptors (Lipinski definition) is 5. The number of benzene rings is 2. The fourth-order valence-corrected chi connectivity index (χ4v) is 5.05. The molecule has 0 saturated heterocycles. The predicted molar refractivity (Wildman–Crippen MR) is 121 cm³/mol. The molecular weight excluding hydrogens is 443 g/mol. The average molecular weight is 461 g/mol. The molecule has 4 aromatic rings. The number of fused-ring (bicyclic) bond motifs is 1. The summed E-state index contributed by atoms with van der Waals surface area (Å²) in [5.74, 6) is 0.302. The molecule has 5 nitrogen and oxygen atoms in total. The second-order valence-electron chi connectivity index (χ2n) is 6.45. The van der Waals surface area contributed by atoms with Gasteiger partial charge in [-0.1, -0.05) is 29.0 Å². The molecule has 0 N–H and O–H groups in total. The maximum Gasteiger partial charge on any atom is 0.229 e. The molecule has 1 amide bonds. The van der Waals surface area contributed by atoms with Crippen molar-refractivity contribution >= 4 is 56.0 Å². The van der Waals surface area contributed by atoms with Crippen LogP contribution in [0.25, 0.3) is 10.2 Å². The van der Waals surface area contributed by atoms with Gasteiger partial charge in [-0.05, 0) is 42.5 Å². The molecule has 4 rings (SSSR count). The van der Waals surface area contributed by atoms with E-state index in [1.165, 1.54) is 35.2 Å². The van der Waals surface area contributed by atoms with Gasteiger partial charge in [-0.3, -0.25) is 14.4 Å². The van der Waals surface area contributed by atoms with Crippen molar-refractivity contribution < 1.29 is 9.18 Å². The Morgan fingerprint density at radius 1 is 1.20 bits per heavy atom. The highest BCUT2D eigenvalue weighted by Crippen LogP contribution is 2.33. The summed E-state index contributed by atoms with van der Waals surface area (Å²) in [4.78, 5) is 20.3. The van der Waals surface area contributed by atoms with Crippen molar-refractivity contribution in [2.45, 2.75) is 17.9 Å². The minimum Gasteiger partial charge on any atom is -0.286 e. The Morgan fingerprint density at radius 3 is 2.77 bits per heavy atom. The van der Waals surface area contributed by atoms with Crippen LogP contribution in [0.15, 0.2) is 65.8 Å². The van der Waals surface area contributed by atoms with Crippen LogP contribution in [0.4, 0.5) is 9.52 Å². The van der Waals surface area contributed by atoms with Crippen molar-refractivity contribution in [2.75, 3.05) is 17.2 Å². The Kier molecular flexibility index (Phi) is 6.66. The number of thioether (sulfide) groups is 1. The Bertz CT molecular complexity index is 1130. The number of anilines is 1. The molecule has 30 heavy (non-hydrogen) atoms. The highest BCUT2D eigenvalue weighted by Gasteiger charge is 2.20. The highest BCUT2D eigenvalue weighted by atomic mass is 35.5. The van der Waals surface area contributed by atoms with Crippen LogP contribution in [0.3, 0.4) is 0 Å². The Balaban J connectivity index is 1.48. The topological polar surface area (TPSA) is 51.0 Å². The predicted octanol–water partition coefficient (Wildman–Crippen LogP) is 5.50. The summed E-state index contributed by atoms with van der Waals surface area (Å²) < 4.78 is 15.8. The number of rotatable bonds is 8. The number of thiazole rings is 1. The van der Waals surface area contributed by atoms with Crippen LogP contribution >= 0.6 is 34.7 Å². The van der Waals surface area contributed by atoms with E-state index in [2.05, 4.69) is 10.1 Å². The smallest absolute Gasteiger partial charge is 0.229 e. The van der Waals surface area contributed by atoms with Gasteiger partial charge in [-0.2, -0.15) is 5.10 Å². The molecule has 0 saturated carbocycles. The van der Waals surface area contributed by atoms with Crippen molar-refractivity contribution in [1.29, 1.82) is 0 Å². The van der Waals surface area contributed by atoms with Gasteiger partial charge in [0.25, 0.3) is 0 Å². The molecule has 0 aliphatic carbocycles. The molecule has 0 unspecified atom stereocenters. The summed E-state index contributed by atoms with van der Waals surface area (Å²) in [5.41, 5.74) is 0.705. The zero-order valence-electron chi connectivity index (χ0n) is 15.9. The molecule has 2 aromatic carbocycles. The van der Waals surface area contributed by atoms with Crippen molar-refractivity contribution in [3.63, 3.8) is 0 Å². The number of carbonyl (C=O) groups excluding carboxylic acids is 1. The third kappa shape index (κ3) is 5.00. The molecule has 0 aliphatic heterocycles. The van der Waals surface area contributed by atoms with Gasteiger partial charge in [0.2, 0.25) is 5.91 Å². The summed E-state index contributed by atoms with van der Waals surface area (Å²) in [6, 6.07) is 13.7. The lowest BCUT2D eigenvalue weighted by molar-refractivity contribution is -0.118. The van der Waals surface area contributed by atoms with E-state index in [1.807, 2.05) is 24.4 Å². The molecule has 0 spiro atoms. The SMILES string of the molecule is O=C(CCSc1ccc(F)cc1)N(CCn1cccn1)c1nc2c(Cl)cccc2s1. The van der Waals surface area contributed by atoms with Gasteiger partial charge < -0.3 is 0 Å². The first-order chi connectivity index (χ1) is 14.6. The molecule has 0 aliphatic rings. The van der Waals surface area contributed by atoms with E-state index in [9.17, 15) is 9.18 Å². The first kappa shape index (κ1) is 20.8. The molecule has 2 heterocycles. The van der Waals surface area contributed by atoms with Crippen LogP contribution in [-0.2, 0) is 11.3 Å². The van der Waals surface area contributed by atoms with Crippen molar-refractivity contribution in [1.82, 2.24) is 14.8 Å². The highest BCUT2D eigenvalue weighted by molar-refractivity contribution is 7.99. The fourth-order valence-electron chi connectivity index (χ4n) is 2.90. The first-order valence-electron chi connectivity index (χ1n) is 9.31. The van der Waals surface area contributed by atoms with Crippen LogP contribution < -0.4 is 4.90 Å². The number of aromatic nitrogens is 3. The van der Waals surface area contributed by atoms with E-state index >= 15 is 0 Å². The van der Waals surface area contributed by atoms with Crippen molar-refractivity contribution in [3.05, 3.63) is 71.8 Å². The minimum atomic E-state index is -0.269. The number of carbonyl (C=O) groups is 1. The molecule has 9 heteroatoms. The van der Waals surface area contributed by atoms with E-state index in [-0.39, 0.29) is 11.7 Å². The van der Waals surface area contributed by atoms with Crippen LogP contribution in [0.2, 0.25) is 5.02 Å². The lowest BCUT2D eigenvalue weighted by Crippen LogP contribution is -2.34. The standard InChI is InChI=1S/C21H18ClFN4OS2/c22-17-3-1-4-18-20(17)25-21(30-18)27(13-12-26-11-2-10-24-26)19(28)9-14-29-16-7-5-15(23)6-8-16/h1-8,10-11H,9,12-14H2. The van der Waals surface area contributed by atoms with Gasteiger partial charge in [0.1, 0.15) is 11.3 Å². The maximum absolute atomic E-state index is 13.1. The van der Waals surface area contributed by atoms with Gasteiger partial charge in [0.05, 0.1) is 16.3 Å². The Labute approximate surface area is 186 Å². The third-order valence-electron chi connectivity index (χ3n) is 4.40. The lowest BCUT2D eigenvalue weighted by atomic mass is 10.3. The molecule has 2 aromatic heterocycles. The monoisotopic (exact) mass is 460 g/mol. The summed E-state index contributed by atoms with van der Waals surface area (Å²) in [6.45, 7) is 1.02. The Hall–Kier alpha value is -2.42. The zero-order valence-corrected chi connectivity index (χ0v) is 18.3. The van der Waals surface area contributed by atoms with Crippen molar-refractivity contribution in [3.8, 4) is 0 Å². The second kappa shape index (κ2) is 9.59. The first-order valence-corrected chi connectivity index (χ1v) is 11.5. The summed E-state index contributed by atoms with van der Waals surface area (Å²) in [6.07, 6.45) is 3.91. The quantitative estimate of drug-likeness (QED) is 0.326. The van der Waals surface area contributed by atoms with Gasteiger partial charge in [0.15, 0.2) is 5.13 Å². The normalized spacial score (nSPS) is 11.1. The number of para-hydroxylation sites is 1. The molecule has 154 valence electrons. The zero-order chi connectivity index (χ0) is 20.9. The van der Waals surface area contributed by atoms with Crippen LogP contribution in [0.5, 0.6) is 0 Å². The molecule has 0 bridgehead atoms. The lowest BCUT2D eigenvalue weighted by Gasteiger charge is -2.20. The van der Waals surface area contributed by atoms with E-state index in [0.29, 0.717) is 40.9 Å². The van der Waals surface area contributed by atoms with Gasteiger partial charge in [-0.15, -0.1) is 11.8 Å². The molecule has 0 atom stereocenters. The minimum absolute atomic E-state index is 0.0213. The summed E-state index contributed by atoms with van der Waals surface area (Å²) >= 11 is 9.24. The van der Waals surface area contributed by atoms with Crippen molar-refractivity contribution in [2.24, 2.45) is 0 Å². The number of nitrogens with zero attached hydrogens (tertiary/aromatic N) is 4. The van der Waals surface area contributed by atoms with E-state index in [1.54, 1.807) is 34.0 Å². The van der Waals surface area contributed by atoms with Crippen LogP contribution in [0.1, 0.15) is 6.42 Å². The number of hydrogen-bond donors (Lipinski definition) is 0. The molecule has 0 fully saturated rings. The largest absolute Gasteiger partial charge is 0.286 e.